The van der Waals surface area contributed by atoms with Gasteiger partial charge in [-0.25, -0.2) is 0 Å². The molecule has 0 saturated heterocycles. The molecule has 3 heteroatoms. The van der Waals surface area contributed by atoms with Crippen LogP contribution in [-0.4, -0.2) is 19.3 Å². The highest BCUT2D eigenvalue weighted by atomic mass is 16.5. The molecule has 92 valence electrons. The smallest absolute Gasteiger partial charge is 0.0737 e. The Morgan fingerprint density at radius 2 is 1.87 bits per heavy atom. The summed E-state index contributed by atoms with van der Waals surface area (Å²) in [4.78, 5) is 0. The van der Waals surface area contributed by atoms with E-state index in [1.165, 1.54) is 0 Å². The summed E-state index contributed by atoms with van der Waals surface area (Å²) < 4.78 is 5.47. The molecule has 0 bridgehead atoms. The Bertz CT molecular complexity index is 154. The van der Waals surface area contributed by atoms with Crippen molar-refractivity contribution in [3.05, 3.63) is 0 Å². The van der Waals surface area contributed by atoms with E-state index in [2.05, 4.69) is 33.1 Å². The van der Waals surface area contributed by atoms with Gasteiger partial charge in [-0.3, -0.25) is 11.3 Å². The third-order valence-electron chi connectivity index (χ3n) is 2.74. The number of rotatable bonds is 7. The molecule has 15 heavy (non-hydrogen) atoms. The van der Waals surface area contributed by atoms with Crippen molar-refractivity contribution in [1.29, 1.82) is 0 Å². The van der Waals surface area contributed by atoms with E-state index < -0.39 is 0 Å². The first-order valence-corrected chi connectivity index (χ1v) is 5.93. The minimum absolute atomic E-state index is 0.238. The van der Waals surface area contributed by atoms with Crippen LogP contribution in [0, 0.1) is 5.41 Å². The molecule has 3 nitrogen and oxygen atoms in total. The summed E-state index contributed by atoms with van der Waals surface area (Å²) in [5.74, 6) is 5.58. The first-order valence-electron chi connectivity index (χ1n) is 5.93. The molecule has 3 N–H and O–H groups in total. The molecule has 0 aliphatic carbocycles. The summed E-state index contributed by atoms with van der Waals surface area (Å²) in [6.45, 7) is 8.93. The van der Waals surface area contributed by atoms with Crippen molar-refractivity contribution in [3.8, 4) is 0 Å². The zero-order valence-electron chi connectivity index (χ0n) is 11.0. The maximum absolute atomic E-state index is 5.58. The Morgan fingerprint density at radius 3 is 2.20 bits per heavy atom. The highest BCUT2D eigenvalue weighted by molar-refractivity contribution is 4.77. The Labute approximate surface area is 94.7 Å². The SMILES string of the molecule is CCCC(OC)C(CCC(C)(C)C)NN. The van der Waals surface area contributed by atoms with E-state index in [1.54, 1.807) is 7.11 Å². The zero-order chi connectivity index (χ0) is 11.9. The summed E-state index contributed by atoms with van der Waals surface area (Å²) in [6.07, 6.45) is 4.66. The molecular formula is C12H28N2O. The van der Waals surface area contributed by atoms with Gasteiger partial charge in [-0.05, 0) is 24.7 Å². The van der Waals surface area contributed by atoms with Crippen LogP contribution in [0.15, 0.2) is 0 Å². The van der Waals surface area contributed by atoms with Gasteiger partial charge in [0.2, 0.25) is 0 Å². The first kappa shape index (κ1) is 14.9. The molecule has 0 amide bonds. The number of hydrogen-bond acceptors (Lipinski definition) is 3. The standard InChI is InChI=1S/C12H28N2O/c1-6-7-11(15-5)10(14-13)8-9-12(2,3)4/h10-11,14H,6-9,13H2,1-5H3. The molecule has 2 unspecified atom stereocenters. The molecule has 0 aliphatic heterocycles. The highest BCUT2D eigenvalue weighted by Crippen LogP contribution is 2.23. The van der Waals surface area contributed by atoms with Crippen molar-refractivity contribution in [3.63, 3.8) is 0 Å². The van der Waals surface area contributed by atoms with Gasteiger partial charge in [-0.1, -0.05) is 34.1 Å². The normalized spacial score (nSPS) is 16.4. The number of methoxy groups -OCH3 is 1. The average Bonchev–Trinajstić information content (AvgIpc) is 2.15. The second-order valence-electron chi connectivity index (χ2n) is 5.44. The Kier molecular flexibility index (Phi) is 7.14. The van der Waals surface area contributed by atoms with Gasteiger partial charge < -0.3 is 4.74 Å². The minimum atomic E-state index is 0.238. The largest absolute Gasteiger partial charge is 0.380 e. The molecule has 0 rings (SSSR count). The molecule has 0 saturated carbocycles. The van der Waals surface area contributed by atoms with Crippen LogP contribution in [0.5, 0.6) is 0 Å². The minimum Gasteiger partial charge on any atom is -0.380 e. The predicted octanol–water partition coefficient (Wildman–Crippen LogP) is 2.46. The van der Waals surface area contributed by atoms with Crippen LogP contribution >= 0.6 is 0 Å². The van der Waals surface area contributed by atoms with Crippen molar-refractivity contribution in [2.75, 3.05) is 7.11 Å². The molecule has 0 heterocycles. The van der Waals surface area contributed by atoms with Gasteiger partial charge in [0.1, 0.15) is 0 Å². The Morgan fingerprint density at radius 1 is 1.27 bits per heavy atom. The predicted molar refractivity (Wildman–Crippen MR) is 65.5 cm³/mol. The van der Waals surface area contributed by atoms with E-state index in [-0.39, 0.29) is 12.1 Å². The number of hydrogen-bond donors (Lipinski definition) is 2. The van der Waals surface area contributed by atoms with E-state index >= 15 is 0 Å². The lowest BCUT2D eigenvalue weighted by molar-refractivity contribution is 0.0544. The summed E-state index contributed by atoms with van der Waals surface area (Å²) in [6, 6.07) is 0.272. The summed E-state index contributed by atoms with van der Waals surface area (Å²) >= 11 is 0. The average molecular weight is 216 g/mol. The fourth-order valence-corrected chi connectivity index (χ4v) is 1.73. The van der Waals surface area contributed by atoms with E-state index in [1.807, 2.05) is 0 Å². The third-order valence-corrected chi connectivity index (χ3v) is 2.74. The van der Waals surface area contributed by atoms with E-state index in [0.29, 0.717) is 5.41 Å². The molecule has 0 aromatic carbocycles. The van der Waals surface area contributed by atoms with Crippen LogP contribution in [-0.2, 0) is 4.74 Å². The van der Waals surface area contributed by atoms with E-state index in [4.69, 9.17) is 10.6 Å². The molecule has 0 spiro atoms. The monoisotopic (exact) mass is 216 g/mol. The van der Waals surface area contributed by atoms with E-state index in [0.717, 1.165) is 25.7 Å². The first-order chi connectivity index (χ1) is 6.94. The topological polar surface area (TPSA) is 47.3 Å². The third kappa shape index (κ3) is 6.88. The van der Waals surface area contributed by atoms with Crippen molar-refractivity contribution in [2.24, 2.45) is 11.3 Å². The quantitative estimate of drug-likeness (QED) is 0.507. The molecule has 0 fully saturated rings. The number of ether oxygens (including phenoxy) is 1. The van der Waals surface area contributed by atoms with Gasteiger partial charge in [0, 0.05) is 13.2 Å². The fourth-order valence-electron chi connectivity index (χ4n) is 1.73. The maximum atomic E-state index is 5.58. The van der Waals surface area contributed by atoms with Crippen LogP contribution in [0.1, 0.15) is 53.4 Å². The maximum Gasteiger partial charge on any atom is 0.0737 e. The number of nitrogens with two attached hydrogens (primary N) is 1. The second kappa shape index (κ2) is 7.20. The van der Waals surface area contributed by atoms with Crippen LogP contribution in [0.25, 0.3) is 0 Å². The fraction of sp³-hybridized carbons (Fsp3) is 1.00. The van der Waals surface area contributed by atoms with Gasteiger partial charge in [-0.2, -0.15) is 0 Å². The summed E-state index contributed by atoms with van der Waals surface area (Å²) in [5.41, 5.74) is 3.25. The van der Waals surface area contributed by atoms with Crippen LogP contribution in [0.2, 0.25) is 0 Å². The lowest BCUT2D eigenvalue weighted by atomic mass is 9.87. The molecule has 0 aromatic heterocycles. The Hall–Kier alpha value is -0.120. The molecule has 2 atom stereocenters. The van der Waals surface area contributed by atoms with Crippen molar-refractivity contribution >= 4 is 0 Å². The van der Waals surface area contributed by atoms with Crippen molar-refractivity contribution < 1.29 is 4.74 Å². The van der Waals surface area contributed by atoms with Crippen LogP contribution in [0.3, 0.4) is 0 Å². The lowest BCUT2D eigenvalue weighted by Gasteiger charge is -2.28. The molecule has 0 aliphatic rings. The van der Waals surface area contributed by atoms with Crippen LogP contribution in [0.4, 0.5) is 0 Å². The summed E-state index contributed by atoms with van der Waals surface area (Å²) in [7, 11) is 1.77. The lowest BCUT2D eigenvalue weighted by Crippen LogP contribution is -2.45. The molecule has 0 radical (unpaired) electrons. The van der Waals surface area contributed by atoms with Crippen LogP contribution < -0.4 is 11.3 Å². The van der Waals surface area contributed by atoms with Gasteiger partial charge >= 0.3 is 0 Å². The summed E-state index contributed by atoms with van der Waals surface area (Å²) in [5, 5.41) is 0. The molecule has 0 aromatic rings. The highest BCUT2D eigenvalue weighted by Gasteiger charge is 2.21. The van der Waals surface area contributed by atoms with Gasteiger partial charge in [0.15, 0.2) is 0 Å². The Balaban J connectivity index is 4.09. The zero-order valence-corrected chi connectivity index (χ0v) is 11.0. The second-order valence-corrected chi connectivity index (χ2v) is 5.44. The molecular weight excluding hydrogens is 188 g/mol. The van der Waals surface area contributed by atoms with Crippen molar-refractivity contribution in [1.82, 2.24) is 5.43 Å². The van der Waals surface area contributed by atoms with Crippen molar-refractivity contribution in [2.45, 2.75) is 65.5 Å². The van der Waals surface area contributed by atoms with Gasteiger partial charge in [0.25, 0.3) is 0 Å². The van der Waals surface area contributed by atoms with Gasteiger partial charge in [-0.15, -0.1) is 0 Å². The van der Waals surface area contributed by atoms with Gasteiger partial charge in [0.05, 0.1) is 6.10 Å². The van der Waals surface area contributed by atoms with E-state index in [9.17, 15) is 0 Å². The number of hydrazine groups is 1. The number of nitrogens with one attached hydrogen (secondary N) is 1.